The van der Waals surface area contributed by atoms with Crippen molar-refractivity contribution in [2.45, 2.75) is 84.3 Å². The van der Waals surface area contributed by atoms with E-state index in [0.29, 0.717) is 24.0 Å². The van der Waals surface area contributed by atoms with Crippen LogP contribution in [0.1, 0.15) is 63.9 Å². The second-order valence-corrected chi connectivity index (χ2v) is 16.9. The average Bonchev–Trinajstić information content (AvgIpc) is 3.04. The van der Waals surface area contributed by atoms with Gasteiger partial charge < -0.3 is 0 Å². The van der Waals surface area contributed by atoms with Gasteiger partial charge in [0.1, 0.15) is 19.6 Å². The van der Waals surface area contributed by atoms with Crippen LogP contribution in [-0.2, 0) is 46.9 Å². The van der Waals surface area contributed by atoms with Crippen LogP contribution in [0, 0.1) is 0 Å². The molecular formula is C34H40O12S4. The molecule has 16 heteroatoms. The molecule has 0 radical (unpaired) electrons. The van der Waals surface area contributed by atoms with Crippen LogP contribution < -0.4 is 0 Å². The lowest BCUT2D eigenvalue weighted by Crippen LogP contribution is -2.13. The van der Waals surface area contributed by atoms with Gasteiger partial charge >= 0.3 is 0 Å². The highest BCUT2D eigenvalue weighted by Crippen LogP contribution is 2.36. The van der Waals surface area contributed by atoms with Crippen molar-refractivity contribution in [2.24, 2.45) is 0 Å². The van der Waals surface area contributed by atoms with Gasteiger partial charge in [0, 0.05) is 11.1 Å². The van der Waals surface area contributed by atoms with E-state index in [9.17, 15) is 47.3 Å². The van der Waals surface area contributed by atoms with Crippen molar-refractivity contribution in [2.75, 3.05) is 0 Å². The van der Waals surface area contributed by atoms with E-state index in [1.54, 1.807) is 60.7 Å². The Morgan fingerprint density at radius 1 is 0.420 bits per heavy atom. The summed E-state index contributed by atoms with van der Waals surface area (Å²) in [6, 6.07) is 22.9. The van der Waals surface area contributed by atoms with Gasteiger partial charge in [-0.3, -0.25) is 18.2 Å². The number of hydrogen-bond acceptors (Lipinski definition) is 8. The van der Waals surface area contributed by atoms with E-state index in [1.165, 1.54) is 49.9 Å². The van der Waals surface area contributed by atoms with Gasteiger partial charge in [0.2, 0.25) is 0 Å². The zero-order valence-electron chi connectivity index (χ0n) is 27.2. The first-order chi connectivity index (χ1) is 23.4. The van der Waals surface area contributed by atoms with Crippen LogP contribution in [0.4, 0.5) is 0 Å². The molecule has 0 unspecified atom stereocenters. The van der Waals surface area contributed by atoms with E-state index >= 15 is 0 Å². The number of aryl methyl sites for hydroxylation is 1. The minimum absolute atomic E-state index is 0.0109. The number of hydrogen-bond donors (Lipinski definition) is 4. The largest absolute Gasteiger partial charge is 0.296 e. The van der Waals surface area contributed by atoms with Crippen molar-refractivity contribution < 1.29 is 51.9 Å². The van der Waals surface area contributed by atoms with Crippen molar-refractivity contribution in [3.63, 3.8) is 0 Å². The van der Waals surface area contributed by atoms with Gasteiger partial charge in [-0.2, -0.15) is 33.7 Å². The quantitative estimate of drug-likeness (QED) is 0.0688. The van der Waals surface area contributed by atoms with Crippen LogP contribution in [-0.4, -0.2) is 51.9 Å². The van der Waals surface area contributed by atoms with Crippen LogP contribution in [0.2, 0.25) is 0 Å². The lowest BCUT2D eigenvalue weighted by Gasteiger charge is -2.15. The van der Waals surface area contributed by atoms with Crippen LogP contribution in [0.15, 0.2) is 111 Å². The van der Waals surface area contributed by atoms with E-state index < -0.39 is 60.1 Å². The highest BCUT2D eigenvalue weighted by Gasteiger charge is 2.31. The first-order valence-corrected chi connectivity index (χ1v) is 21.4. The van der Waals surface area contributed by atoms with E-state index in [-0.39, 0.29) is 16.7 Å². The molecule has 0 aliphatic carbocycles. The van der Waals surface area contributed by atoms with Gasteiger partial charge in [-0.15, -0.1) is 0 Å². The first kappa shape index (κ1) is 40.9. The van der Waals surface area contributed by atoms with E-state index in [0.717, 1.165) is 25.3 Å². The zero-order chi connectivity index (χ0) is 37.2. The highest BCUT2D eigenvalue weighted by atomic mass is 32.2. The van der Waals surface area contributed by atoms with Gasteiger partial charge in [-0.1, -0.05) is 137 Å². The maximum atomic E-state index is 12.1. The summed E-state index contributed by atoms with van der Waals surface area (Å²) in [7, 11) is -19.4. The molecular weight excluding hydrogens is 729 g/mol. The predicted molar refractivity (Wildman–Crippen MR) is 189 cm³/mol. The van der Waals surface area contributed by atoms with Crippen molar-refractivity contribution >= 4 is 40.5 Å². The van der Waals surface area contributed by atoms with Gasteiger partial charge in [0.05, 0.1) is 0 Å². The fourth-order valence-corrected chi connectivity index (χ4v) is 9.78. The Bertz CT molecular complexity index is 2180. The van der Waals surface area contributed by atoms with E-state index in [2.05, 4.69) is 6.92 Å². The monoisotopic (exact) mass is 768 g/mol. The molecule has 0 spiro atoms. The van der Waals surface area contributed by atoms with Crippen LogP contribution >= 0.6 is 0 Å². The Labute approximate surface area is 294 Å². The van der Waals surface area contributed by atoms with Crippen molar-refractivity contribution in [3.05, 3.63) is 96.6 Å². The second-order valence-electron chi connectivity index (χ2n) is 11.4. The molecule has 4 aromatic rings. The summed E-state index contributed by atoms with van der Waals surface area (Å²) in [5.41, 5.74) is 1.03. The summed E-state index contributed by atoms with van der Waals surface area (Å²) in [5.74, 6) is 0. The Kier molecular flexibility index (Phi) is 14.4. The molecule has 0 amide bonds. The Morgan fingerprint density at radius 3 is 1.30 bits per heavy atom. The third-order valence-corrected chi connectivity index (χ3v) is 11.7. The fourth-order valence-electron chi connectivity index (χ4n) is 5.46. The lowest BCUT2D eigenvalue weighted by atomic mass is 10.00. The van der Waals surface area contributed by atoms with Gasteiger partial charge in [0.25, 0.3) is 40.5 Å². The third kappa shape index (κ3) is 11.5. The zero-order valence-corrected chi connectivity index (χ0v) is 30.5. The minimum Gasteiger partial charge on any atom is -0.282 e. The number of benzene rings is 4. The number of unbranched alkanes of at least 4 members (excludes halogenated alkanes) is 7. The molecule has 0 saturated carbocycles. The van der Waals surface area contributed by atoms with Crippen LogP contribution in [0.25, 0.3) is 22.3 Å². The molecule has 0 saturated heterocycles. The predicted octanol–water partition coefficient (Wildman–Crippen LogP) is 7.38. The molecule has 12 nitrogen and oxygen atoms in total. The molecule has 0 aliphatic heterocycles. The van der Waals surface area contributed by atoms with Gasteiger partial charge in [0.15, 0.2) is 0 Å². The average molecular weight is 769 g/mol. The van der Waals surface area contributed by atoms with Gasteiger partial charge in [-0.05, 0) is 35.6 Å². The Hall–Kier alpha value is -3.48. The Morgan fingerprint density at radius 2 is 0.860 bits per heavy atom. The normalized spacial score (nSPS) is 12.3. The summed E-state index contributed by atoms with van der Waals surface area (Å²) < 4.78 is 132. The SMILES string of the molecule is CCCCCCCCCCc1ccc(-c2ccccc2)c(S(=O)(=O)O)c1S(=O)(=O)O.O=S(=O)(O)c1cccc(-c2ccccc2)c1S(=O)(=O)O. The molecule has 0 fully saturated rings. The molecule has 0 heterocycles. The highest BCUT2D eigenvalue weighted by molar-refractivity contribution is 7.89. The summed E-state index contributed by atoms with van der Waals surface area (Å²) in [6.07, 6.45) is 8.74. The lowest BCUT2D eigenvalue weighted by molar-refractivity contribution is 0.465. The Balaban J connectivity index is 0.000000292. The first-order valence-electron chi connectivity index (χ1n) is 15.7. The third-order valence-electron chi connectivity index (χ3n) is 7.69. The summed E-state index contributed by atoms with van der Waals surface area (Å²) in [4.78, 5) is -3.20. The number of rotatable bonds is 15. The van der Waals surface area contributed by atoms with E-state index in [4.69, 9.17) is 4.55 Å². The summed E-state index contributed by atoms with van der Waals surface area (Å²) in [6.45, 7) is 2.16. The van der Waals surface area contributed by atoms with Crippen LogP contribution in [0.5, 0.6) is 0 Å². The molecule has 4 rings (SSSR count). The smallest absolute Gasteiger partial charge is 0.282 e. The molecule has 4 aromatic carbocycles. The molecule has 4 N–H and O–H groups in total. The summed E-state index contributed by atoms with van der Waals surface area (Å²) >= 11 is 0. The molecule has 50 heavy (non-hydrogen) atoms. The summed E-state index contributed by atoms with van der Waals surface area (Å²) in [5, 5.41) is 0. The van der Waals surface area contributed by atoms with Crippen molar-refractivity contribution in [3.8, 4) is 22.3 Å². The van der Waals surface area contributed by atoms with Crippen molar-refractivity contribution in [1.29, 1.82) is 0 Å². The van der Waals surface area contributed by atoms with Crippen LogP contribution in [0.3, 0.4) is 0 Å². The molecule has 0 aromatic heterocycles. The van der Waals surface area contributed by atoms with E-state index in [1.807, 2.05) is 0 Å². The van der Waals surface area contributed by atoms with Crippen molar-refractivity contribution in [1.82, 2.24) is 0 Å². The standard InChI is InChI=1S/C22H30O6S2.C12H10O6S2/c1-2-3-4-5-6-7-8-10-15-19-16-17-20(18-13-11-9-12-14-18)22(30(26,27)28)21(19)29(23,24)25;13-19(14,15)11-8-4-7-10(12(11)20(16,17)18)9-5-2-1-3-6-9/h9,11-14,16-17H,2-8,10,15H2,1H3,(H,23,24,25)(H,26,27,28);1-8H,(H,13,14,15)(H,16,17,18). The maximum Gasteiger partial charge on any atom is 0.296 e. The molecule has 272 valence electrons. The molecule has 0 aliphatic rings. The molecule has 0 atom stereocenters. The maximum absolute atomic E-state index is 12.1. The topological polar surface area (TPSA) is 217 Å². The fraction of sp³-hybridized carbons (Fsp3) is 0.294. The minimum atomic E-state index is -4.91. The van der Waals surface area contributed by atoms with Gasteiger partial charge in [-0.25, -0.2) is 0 Å². The molecule has 0 bridgehead atoms. The second kappa shape index (κ2) is 17.6.